The van der Waals surface area contributed by atoms with Crippen LogP contribution in [0.3, 0.4) is 0 Å². The van der Waals surface area contributed by atoms with E-state index < -0.39 is 0 Å². The molecule has 2 fully saturated rings. The molecule has 2 aromatic rings. The van der Waals surface area contributed by atoms with Crippen LogP contribution < -0.4 is 11.0 Å². The summed E-state index contributed by atoms with van der Waals surface area (Å²) in [7, 11) is 6.07. The lowest BCUT2D eigenvalue weighted by Gasteiger charge is -2.37. The molecule has 1 aromatic carbocycles. The third kappa shape index (κ3) is 1.68. The molecule has 2 aliphatic rings. The Morgan fingerprint density at radius 3 is 2.68 bits per heavy atom. The smallest absolute Gasteiger partial charge is 0.258 e. The predicted molar refractivity (Wildman–Crippen MR) is 78.5 cm³/mol. The van der Waals surface area contributed by atoms with Gasteiger partial charge in [-0.25, -0.2) is 0 Å². The highest BCUT2D eigenvalue weighted by Crippen LogP contribution is 2.64. The molecule has 1 heterocycles. The second kappa shape index (κ2) is 3.66. The van der Waals surface area contributed by atoms with Gasteiger partial charge in [-0.2, -0.15) is 0 Å². The van der Waals surface area contributed by atoms with Crippen molar-refractivity contribution >= 4 is 35.7 Å². The van der Waals surface area contributed by atoms with Crippen molar-refractivity contribution in [3.8, 4) is 0 Å². The SMILES string of the molecule is [B]c1cn(C2CC3(CC3)C2)c(=O)c2cc(Cl)ccc12. The maximum Gasteiger partial charge on any atom is 0.258 e. The summed E-state index contributed by atoms with van der Waals surface area (Å²) in [6.07, 6.45) is 6.70. The Bertz CT molecular complexity index is 740. The van der Waals surface area contributed by atoms with Crippen LogP contribution in [-0.4, -0.2) is 12.4 Å². The minimum absolute atomic E-state index is 0.0344. The van der Waals surface area contributed by atoms with Gasteiger partial charge in [-0.1, -0.05) is 23.1 Å². The van der Waals surface area contributed by atoms with Gasteiger partial charge in [-0.05, 0) is 48.6 Å². The standard InChI is InChI=1S/C15H13BClNO/c16-13-8-18(10-6-15(7-10)3-4-15)14(19)12-5-9(17)1-2-11(12)13/h1-2,5,8,10H,3-4,6-7H2. The summed E-state index contributed by atoms with van der Waals surface area (Å²) in [6.45, 7) is 0. The van der Waals surface area contributed by atoms with Gasteiger partial charge in [-0.3, -0.25) is 4.79 Å². The summed E-state index contributed by atoms with van der Waals surface area (Å²) in [5.74, 6) is 0. The Hall–Kier alpha value is -1.22. The molecule has 4 rings (SSSR count). The molecule has 19 heavy (non-hydrogen) atoms. The third-order valence-electron chi connectivity index (χ3n) is 4.72. The molecule has 0 aliphatic heterocycles. The first-order valence-electron chi connectivity index (χ1n) is 6.68. The second-order valence-corrected chi connectivity index (χ2v) is 6.49. The van der Waals surface area contributed by atoms with Gasteiger partial charge >= 0.3 is 0 Å². The van der Waals surface area contributed by atoms with Gasteiger partial charge in [0, 0.05) is 22.6 Å². The van der Waals surface area contributed by atoms with Gasteiger partial charge in [0.1, 0.15) is 7.85 Å². The van der Waals surface area contributed by atoms with Crippen molar-refractivity contribution in [3.05, 3.63) is 39.8 Å². The maximum absolute atomic E-state index is 12.5. The zero-order chi connectivity index (χ0) is 13.2. The van der Waals surface area contributed by atoms with Crippen LogP contribution in [-0.2, 0) is 0 Å². The third-order valence-corrected chi connectivity index (χ3v) is 4.96. The average Bonchev–Trinajstić information content (AvgIpc) is 3.12. The fourth-order valence-corrected chi connectivity index (χ4v) is 3.53. The first kappa shape index (κ1) is 11.6. The Labute approximate surface area is 117 Å². The summed E-state index contributed by atoms with van der Waals surface area (Å²) in [6, 6.07) is 5.63. The zero-order valence-corrected chi connectivity index (χ0v) is 11.3. The van der Waals surface area contributed by atoms with E-state index in [9.17, 15) is 4.79 Å². The summed E-state index contributed by atoms with van der Waals surface area (Å²) < 4.78 is 1.82. The van der Waals surface area contributed by atoms with Crippen LogP contribution in [0.4, 0.5) is 0 Å². The molecule has 0 N–H and O–H groups in total. The number of fused-ring (bicyclic) bond motifs is 1. The van der Waals surface area contributed by atoms with Crippen LogP contribution in [0.1, 0.15) is 31.7 Å². The van der Waals surface area contributed by atoms with Crippen molar-refractivity contribution in [2.24, 2.45) is 5.41 Å². The van der Waals surface area contributed by atoms with Crippen molar-refractivity contribution in [3.63, 3.8) is 0 Å². The van der Waals surface area contributed by atoms with Crippen molar-refractivity contribution in [2.75, 3.05) is 0 Å². The fraction of sp³-hybridized carbons (Fsp3) is 0.400. The molecule has 0 unspecified atom stereocenters. The van der Waals surface area contributed by atoms with Gasteiger partial charge in [-0.15, -0.1) is 0 Å². The molecule has 94 valence electrons. The number of rotatable bonds is 1. The van der Waals surface area contributed by atoms with Gasteiger partial charge in [0.2, 0.25) is 0 Å². The van der Waals surface area contributed by atoms with Crippen LogP contribution in [0.25, 0.3) is 10.8 Å². The average molecular weight is 270 g/mol. The lowest BCUT2D eigenvalue weighted by molar-refractivity contribution is 0.171. The van der Waals surface area contributed by atoms with Crippen LogP contribution in [0, 0.1) is 5.41 Å². The van der Waals surface area contributed by atoms with Gasteiger partial charge in [0.25, 0.3) is 5.56 Å². The first-order chi connectivity index (χ1) is 9.08. The van der Waals surface area contributed by atoms with E-state index in [0.717, 1.165) is 18.2 Å². The van der Waals surface area contributed by atoms with Crippen LogP contribution in [0.15, 0.2) is 29.2 Å². The zero-order valence-electron chi connectivity index (χ0n) is 10.5. The van der Waals surface area contributed by atoms with E-state index in [1.165, 1.54) is 12.8 Å². The highest BCUT2D eigenvalue weighted by molar-refractivity contribution is 6.39. The van der Waals surface area contributed by atoms with Crippen molar-refractivity contribution in [2.45, 2.75) is 31.7 Å². The van der Waals surface area contributed by atoms with Crippen LogP contribution in [0.2, 0.25) is 5.02 Å². The molecule has 0 amide bonds. The molecule has 2 nitrogen and oxygen atoms in total. The lowest BCUT2D eigenvalue weighted by atomic mass is 9.76. The number of hydrogen-bond acceptors (Lipinski definition) is 1. The molecule has 4 heteroatoms. The molecule has 1 spiro atoms. The molecule has 2 radical (unpaired) electrons. The second-order valence-electron chi connectivity index (χ2n) is 6.05. The van der Waals surface area contributed by atoms with E-state index in [0.29, 0.717) is 27.3 Å². The Morgan fingerprint density at radius 1 is 1.26 bits per heavy atom. The highest BCUT2D eigenvalue weighted by atomic mass is 35.5. The number of aromatic nitrogens is 1. The molecular weight excluding hydrogens is 256 g/mol. The molecule has 2 aliphatic carbocycles. The van der Waals surface area contributed by atoms with E-state index >= 15 is 0 Å². The molecule has 0 atom stereocenters. The van der Waals surface area contributed by atoms with Crippen LogP contribution >= 0.6 is 11.6 Å². The van der Waals surface area contributed by atoms with Gasteiger partial charge in [0.15, 0.2) is 0 Å². The number of benzene rings is 1. The van der Waals surface area contributed by atoms with E-state index in [1.807, 2.05) is 10.6 Å². The Kier molecular flexibility index (Phi) is 2.24. The predicted octanol–water partition coefficient (Wildman–Crippen LogP) is 2.56. The number of hydrogen-bond donors (Lipinski definition) is 0. The Balaban J connectivity index is 1.87. The first-order valence-corrected chi connectivity index (χ1v) is 7.06. The van der Waals surface area contributed by atoms with Crippen molar-refractivity contribution in [1.82, 2.24) is 4.57 Å². The summed E-state index contributed by atoms with van der Waals surface area (Å²) in [5, 5.41) is 2.00. The van der Waals surface area contributed by atoms with E-state index in [1.54, 1.807) is 18.3 Å². The van der Waals surface area contributed by atoms with E-state index in [4.69, 9.17) is 19.4 Å². The van der Waals surface area contributed by atoms with Crippen molar-refractivity contribution in [1.29, 1.82) is 0 Å². The molecule has 0 saturated heterocycles. The molecule has 0 bridgehead atoms. The quantitative estimate of drug-likeness (QED) is 0.729. The fourth-order valence-electron chi connectivity index (χ4n) is 3.36. The summed E-state index contributed by atoms with van der Waals surface area (Å²) in [4.78, 5) is 12.5. The normalized spacial score (nSPS) is 20.7. The van der Waals surface area contributed by atoms with Gasteiger partial charge in [0.05, 0.1) is 0 Å². The van der Waals surface area contributed by atoms with Crippen LogP contribution in [0.5, 0.6) is 0 Å². The summed E-state index contributed by atoms with van der Waals surface area (Å²) >= 11 is 5.99. The lowest BCUT2D eigenvalue weighted by Crippen LogP contribution is -2.36. The molecule has 1 aromatic heterocycles. The number of nitrogens with zero attached hydrogens (tertiary/aromatic N) is 1. The van der Waals surface area contributed by atoms with Crippen molar-refractivity contribution < 1.29 is 0 Å². The molecule has 2 saturated carbocycles. The number of halogens is 1. The highest BCUT2D eigenvalue weighted by Gasteiger charge is 2.53. The van der Waals surface area contributed by atoms with Gasteiger partial charge < -0.3 is 4.57 Å². The minimum Gasteiger partial charge on any atom is -0.312 e. The maximum atomic E-state index is 12.5. The molecular formula is C15H13BClNO. The minimum atomic E-state index is 0.0344. The number of pyridine rings is 1. The Morgan fingerprint density at radius 2 is 2.00 bits per heavy atom. The van der Waals surface area contributed by atoms with E-state index in [-0.39, 0.29) is 5.56 Å². The summed E-state index contributed by atoms with van der Waals surface area (Å²) in [5.41, 5.74) is 1.26. The van der Waals surface area contributed by atoms with E-state index in [2.05, 4.69) is 0 Å². The largest absolute Gasteiger partial charge is 0.312 e. The monoisotopic (exact) mass is 269 g/mol. The topological polar surface area (TPSA) is 22.0 Å².